The second-order valence-electron chi connectivity index (χ2n) is 7.49. The highest BCUT2D eigenvalue weighted by molar-refractivity contribution is 6.03. The Balaban J connectivity index is 1.62. The lowest BCUT2D eigenvalue weighted by Crippen LogP contribution is -2.10. The number of nitrogens with one attached hydrogen (secondary N) is 1. The van der Waals surface area contributed by atoms with Gasteiger partial charge in [0.15, 0.2) is 0 Å². The van der Waals surface area contributed by atoms with Gasteiger partial charge in [0.05, 0.1) is 16.3 Å². The zero-order chi connectivity index (χ0) is 23.7. The molecule has 4 aromatic carbocycles. The monoisotopic (exact) mass is 451 g/mol. The van der Waals surface area contributed by atoms with Gasteiger partial charge in [-0.1, -0.05) is 54.6 Å². The van der Waals surface area contributed by atoms with Crippen molar-refractivity contribution < 1.29 is 14.4 Å². The zero-order valence-corrected chi connectivity index (χ0v) is 17.6. The number of nitro groups is 1. The Labute approximate surface area is 192 Å². The molecule has 0 aliphatic carbocycles. The summed E-state index contributed by atoms with van der Waals surface area (Å²) in [7, 11) is 0. The molecule has 1 aromatic heterocycles. The molecule has 34 heavy (non-hydrogen) atoms. The first kappa shape index (κ1) is 20.9. The summed E-state index contributed by atoms with van der Waals surface area (Å²) >= 11 is 0. The summed E-state index contributed by atoms with van der Waals surface area (Å²) in [6, 6.07) is 24.5. The number of phenolic OH excluding ortho intramolecular Hbond substituents is 1. The first-order chi connectivity index (χ1) is 16.5. The fraction of sp³-hybridized carbons (Fsp3) is 0. The van der Waals surface area contributed by atoms with Crippen LogP contribution in [0.5, 0.6) is 5.75 Å². The van der Waals surface area contributed by atoms with Gasteiger partial charge in [-0.2, -0.15) is 0 Å². The lowest BCUT2D eigenvalue weighted by molar-refractivity contribution is -0.386. The molecule has 0 unspecified atom stereocenters. The number of anilines is 2. The molecule has 0 aliphatic rings. The highest BCUT2D eigenvalue weighted by Crippen LogP contribution is 2.36. The van der Waals surface area contributed by atoms with Crippen LogP contribution in [0.4, 0.5) is 22.7 Å². The maximum absolute atomic E-state index is 12.3. The summed E-state index contributed by atoms with van der Waals surface area (Å²) < 4.78 is 5.13. The molecule has 0 saturated heterocycles. The van der Waals surface area contributed by atoms with Gasteiger partial charge in [-0.3, -0.25) is 15.1 Å². The van der Waals surface area contributed by atoms with E-state index in [4.69, 9.17) is 4.42 Å². The normalized spacial score (nSPS) is 11.3. The van der Waals surface area contributed by atoms with E-state index in [9.17, 15) is 20.0 Å². The minimum absolute atomic E-state index is 0.0208. The van der Waals surface area contributed by atoms with E-state index in [0.717, 1.165) is 10.8 Å². The smallest absolute Gasteiger partial charge is 0.417 e. The van der Waals surface area contributed by atoms with E-state index in [2.05, 4.69) is 10.3 Å². The van der Waals surface area contributed by atoms with Crippen LogP contribution in [0.1, 0.15) is 5.56 Å². The minimum atomic E-state index is -1.05. The van der Waals surface area contributed by atoms with E-state index >= 15 is 0 Å². The number of para-hydroxylation sites is 3. The molecular formula is C26H17N3O5. The number of fused-ring (bicyclic) bond motifs is 2. The topological polar surface area (TPSA) is 118 Å². The van der Waals surface area contributed by atoms with Gasteiger partial charge in [-0.25, -0.2) is 4.79 Å². The Morgan fingerprint density at radius 3 is 2.44 bits per heavy atom. The van der Waals surface area contributed by atoms with Gasteiger partial charge in [0.1, 0.15) is 17.0 Å². The van der Waals surface area contributed by atoms with Crippen LogP contribution < -0.4 is 10.9 Å². The highest BCUT2D eigenvalue weighted by Gasteiger charge is 2.25. The van der Waals surface area contributed by atoms with E-state index in [1.807, 2.05) is 30.3 Å². The van der Waals surface area contributed by atoms with Crippen molar-refractivity contribution in [1.29, 1.82) is 0 Å². The molecule has 0 fully saturated rings. The van der Waals surface area contributed by atoms with Gasteiger partial charge in [0.25, 0.3) is 0 Å². The lowest BCUT2D eigenvalue weighted by atomic mass is 10.0. The van der Waals surface area contributed by atoms with Crippen LogP contribution in [0, 0.1) is 10.1 Å². The van der Waals surface area contributed by atoms with Crippen molar-refractivity contribution in [3.05, 3.63) is 111 Å². The standard InChI is InChI=1S/C26H17N3O5/c30-22-14-13-16-7-1-2-8-17(16)19(22)15-27-20-10-4-5-11-21(20)28-24-18-9-3-6-12-23(18)34-26(31)25(24)29(32)33/h1-15,28,30H. The number of aromatic hydroxyl groups is 1. The maximum atomic E-state index is 12.3. The molecular weight excluding hydrogens is 434 g/mol. The summed E-state index contributed by atoms with van der Waals surface area (Å²) in [5, 5.41) is 27.3. The summed E-state index contributed by atoms with van der Waals surface area (Å²) in [6.45, 7) is 0. The number of phenols is 1. The van der Waals surface area contributed by atoms with E-state index in [0.29, 0.717) is 22.3 Å². The average molecular weight is 451 g/mol. The van der Waals surface area contributed by atoms with E-state index < -0.39 is 16.2 Å². The minimum Gasteiger partial charge on any atom is -0.507 e. The van der Waals surface area contributed by atoms with Crippen molar-refractivity contribution in [1.82, 2.24) is 0 Å². The van der Waals surface area contributed by atoms with Crippen molar-refractivity contribution in [2.75, 3.05) is 5.32 Å². The highest BCUT2D eigenvalue weighted by atomic mass is 16.6. The fourth-order valence-corrected chi connectivity index (χ4v) is 3.81. The SMILES string of the molecule is O=c1oc2ccccc2c(Nc2ccccc2N=Cc2c(O)ccc3ccccc23)c1[N+](=O)[O-]. The number of hydrogen-bond donors (Lipinski definition) is 2. The molecule has 0 amide bonds. The van der Waals surface area contributed by atoms with Crippen LogP contribution >= 0.6 is 0 Å². The Kier molecular flexibility index (Phi) is 5.23. The zero-order valence-electron chi connectivity index (χ0n) is 17.6. The van der Waals surface area contributed by atoms with E-state index in [1.165, 1.54) is 0 Å². The molecule has 8 heteroatoms. The largest absolute Gasteiger partial charge is 0.507 e. The van der Waals surface area contributed by atoms with E-state index in [1.54, 1.807) is 60.8 Å². The predicted octanol–water partition coefficient (Wildman–Crippen LogP) is 6.05. The first-order valence-electron chi connectivity index (χ1n) is 10.3. The molecule has 0 aliphatic heterocycles. The molecule has 5 aromatic rings. The van der Waals surface area contributed by atoms with Crippen LogP contribution in [0.25, 0.3) is 21.7 Å². The molecule has 5 rings (SSSR count). The molecule has 0 saturated carbocycles. The molecule has 0 spiro atoms. The van der Waals surface area contributed by atoms with Gasteiger partial charge in [-0.15, -0.1) is 0 Å². The molecule has 0 radical (unpaired) electrons. The second kappa shape index (κ2) is 8.51. The average Bonchev–Trinajstić information content (AvgIpc) is 2.84. The number of nitrogens with zero attached hydrogens (tertiary/aromatic N) is 2. The summed E-state index contributed by atoms with van der Waals surface area (Å²) in [6.07, 6.45) is 1.55. The Morgan fingerprint density at radius 2 is 1.62 bits per heavy atom. The van der Waals surface area contributed by atoms with Crippen molar-refractivity contribution in [3.63, 3.8) is 0 Å². The van der Waals surface area contributed by atoms with Crippen LogP contribution in [0.2, 0.25) is 0 Å². The van der Waals surface area contributed by atoms with Crippen LogP contribution in [0.3, 0.4) is 0 Å². The predicted molar refractivity (Wildman–Crippen MR) is 132 cm³/mol. The van der Waals surface area contributed by atoms with Crippen LogP contribution in [0.15, 0.2) is 99.1 Å². The lowest BCUT2D eigenvalue weighted by Gasteiger charge is -2.11. The van der Waals surface area contributed by atoms with Gasteiger partial charge < -0.3 is 14.8 Å². The third-order valence-corrected chi connectivity index (χ3v) is 5.42. The van der Waals surface area contributed by atoms with Gasteiger partial charge >= 0.3 is 11.3 Å². The maximum Gasteiger partial charge on any atom is 0.417 e. The summed E-state index contributed by atoms with van der Waals surface area (Å²) in [5.74, 6) is 0.0789. The first-order valence-corrected chi connectivity index (χ1v) is 10.3. The fourth-order valence-electron chi connectivity index (χ4n) is 3.81. The van der Waals surface area contributed by atoms with Gasteiger partial charge in [0.2, 0.25) is 0 Å². The number of aliphatic imine (C=N–C) groups is 1. The van der Waals surface area contributed by atoms with Crippen LogP contribution in [-0.2, 0) is 0 Å². The molecule has 0 bridgehead atoms. The van der Waals surface area contributed by atoms with Crippen molar-refractivity contribution >= 4 is 50.7 Å². The molecule has 8 nitrogen and oxygen atoms in total. The van der Waals surface area contributed by atoms with Crippen molar-refractivity contribution in [2.45, 2.75) is 0 Å². The number of benzene rings is 4. The van der Waals surface area contributed by atoms with Gasteiger partial charge in [-0.05, 0) is 41.1 Å². The van der Waals surface area contributed by atoms with Crippen molar-refractivity contribution in [3.8, 4) is 5.75 Å². The molecule has 1 heterocycles. The van der Waals surface area contributed by atoms with Gasteiger partial charge in [0, 0.05) is 17.2 Å². The second-order valence-corrected chi connectivity index (χ2v) is 7.49. The molecule has 166 valence electrons. The summed E-state index contributed by atoms with van der Waals surface area (Å²) in [5.41, 5.74) is -0.0460. The quantitative estimate of drug-likeness (QED) is 0.145. The molecule has 2 N–H and O–H groups in total. The third kappa shape index (κ3) is 3.73. The number of rotatable bonds is 5. The Hall–Kier alpha value is -4.98. The van der Waals surface area contributed by atoms with Crippen molar-refractivity contribution in [2.24, 2.45) is 4.99 Å². The third-order valence-electron chi connectivity index (χ3n) is 5.42. The Bertz CT molecular complexity index is 1660. The molecule has 0 atom stereocenters. The summed E-state index contributed by atoms with van der Waals surface area (Å²) in [4.78, 5) is 27.8. The Morgan fingerprint density at radius 1 is 0.912 bits per heavy atom. The van der Waals surface area contributed by atoms with E-state index in [-0.39, 0.29) is 17.0 Å². The van der Waals surface area contributed by atoms with Crippen LogP contribution in [-0.4, -0.2) is 16.2 Å². The number of hydrogen-bond acceptors (Lipinski definition) is 7.